The van der Waals surface area contributed by atoms with Gasteiger partial charge < -0.3 is 15.2 Å². The summed E-state index contributed by atoms with van der Waals surface area (Å²) < 4.78 is 4.59. The summed E-state index contributed by atoms with van der Waals surface area (Å²) in [6.45, 7) is 0.565. The summed E-state index contributed by atoms with van der Waals surface area (Å²) in [4.78, 5) is 31.7. The molecule has 102 valence electrons. The van der Waals surface area contributed by atoms with Gasteiger partial charge in [-0.05, 0) is 13.0 Å². The van der Waals surface area contributed by atoms with E-state index in [1.54, 1.807) is 6.92 Å². The first-order chi connectivity index (χ1) is 8.90. The Balaban J connectivity index is 2.62. The lowest BCUT2D eigenvalue weighted by Crippen LogP contribution is -2.20. The van der Waals surface area contributed by atoms with Crippen molar-refractivity contribution < 1.29 is 24.4 Å². The molecular formula is C11H12N2O6. The lowest BCUT2D eigenvalue weighted by molar-refractivity contribution is -0.385. The topological polar surface area (TPSA) is 119 Å². The van der Waals surface area contributed by atoms with E-state index < -0.39 is 30.0 Å². The summed E-state index contributed by atoms with van der Waals surface area (Å²) in [5, 5.41) is 21.4. The van der Waals surface area contributed by atoms with Crippen LogP contribution in [0.3, 0.4) is 0 Å². The smallest absolute Gasteiger partial charge is 0.329 e. The molecule has 0 fully saturated rings. The number of aliphatic carboxylic acids is 1. The van der Waals surface area contributed by atoms with Gasteiger partial charge in [0, 0.05) is 17.3 Å². The van der Waals surface area contributed by atoms with E-state index in [9.17, 15) is 19.7 Å². The van der Waals surface area contributed by atoms with Gasteiger partial charge in [0.05, 0.1) is 4.92 Å². The number of nitrogens with zero attached hydrogens (tertiary/aromatic N) is 1. The summed E-state index contributed by atoms with van der Waals surface area (Å²) in [6, 6.07) is 4.24. The van der Waals surface area contributed by atoms with Crippen molar-refractivity contribution in [3.63, 3.8) is 0 Å². The van der Waals surface area contributed by atoms with Crippen molar-refractivity contribution in [2.45, 2.75) is 6.92 Å². The van der Waals surface area contributed by atoms with Gasteiger partial charge in [0.25, 0.3) is 5.69 Å². The molecule has 0 aliphatic carbocycles. The van der Waals surface area contributed by atoms with Crippen molar-refractivity contribution in [1.82, 2.24) is 0 Å². The molecule has 1 amide bonds. The minimum absolute atomic E-state index is 0.107. The molecule has 0 radical (unpaired) electrons. The van der Waals surface area contributed by atoms with Crippen LogP contribution in [0.1, 0.15) is 5.56 Å². The zero-order valence-corrected chi connectivity index (χ0v) is 10.1. The molecule has 0 unspecified atom stereocenters. The molecule has 1 aromatic rings. The second-order valence-corrected chi connectivity index (χ2v) is 3.69. The van der Waals surface area contributed by atoms with Crippen molar-refractivity contribution in [1.29, 1.82) is 0 Å². The fraction of sp³-hybridized carbons (Fsp3) is 0.273. The van der Waals surface area contributed by atoms with Crippen molar-refractivity contribution >= 4 is 23.3 Å². The van der Waals surface area contributed by atoms with Gasteiger partial charge in [-0.3, -0.25) is 14.9 Å². The molecule has 1 rings (SSSR count). The van der Waals surface area contributed by atoms with E-state index in [1.165, 1.54) is 18.2 Å². The fourth-order valence-electron chi connectivity index (χ4n) is 1.31. The van der Waals surface area contributed by atoms with Crippen molar-refractivity contribution in [2.24, 2.45) is 0 Å². The monoisotopic (exact) mass is 268 g/mol. The van der Waals surface area contributed by atoms with Crippen LogP contribution in [0.4, 0.5) is 11.4 Å². The van der Waals surface area contributed by atoms with Crippen molar-refractivity contribution in [3.8, 4) is 0 Å². The number of hydrogen-bond acceptors (Lipinski definition) is 5. The molecule has 0 saturated heterocycles. The van der Waals surface area contributed by atoms with Crippen LogP contribution in [0.5, 0.6) is 0 Å². The molecule has 0 spiro atoms. The average Bonchev–Trinajstić information content (AvgIpc) is 2.30. The number of carbonyl (C=O) groups is 2. The highest BCUT2D eigenvalue weighted by Crippen LogP contribution is 2.22. The Hall–Kier alpha value is -2.48. The molecule has 0 aliphatic heterocycles. The van der Waals surface area contributed by atoms with Crippen LogP contribution < -0.4 is 5.32 Å². The minimum Gasteiger partial charge on any atom is -0.480 e. The summed E-state index contributed by atoms with van der Waals surface area (Å²) in [7, 11) is 0. The molecule has 0 heterocycles. The molecule has 0 aromatic heterocycles. The molecule has 0 atom stereocenters. The number of nitro benzene ring substituents is 1. The standard InChI is InChI=1S/C11H12N2O6/c1-7-2-3-8(4-9(7)13(17)18)12-10(14)5-19-6-11(15)16/h2-4H,5-6H2,1H3,(H,12,14)(H,15,16). The Bertz CT molecular complexity index is 514. The second-order valence-electron chi connectivity index (χ2n) is 3.69. The predicted molar refractivity (Wildman–Crippen MR) is 64.9 cm³/mol. The largest absolute Gasteiger partial charge is 0.480 e. The van der Waals surface area contributed by atoms with Crippen LogP contribution in [0.15, 0.2) is 18.2 Å². The van der Waals surface area contributed by atoms with Crippen LogP contribution in [-0.4, -0.2) is 35.1 Å². The number of carboxylic acids is 1. The number of hydrogen-bond donors (Lipinski definition) is 2. The molecule has 8 heteroatoms. The Labute approximate surface area is 108 Å². The number of benzene rings is 1. The molecule has 1 aromatic carbocycles. The average molecular weight is 268 g/mol. The number of nitro groups is 1. The number of carbonyl (C=O) groups excluding carboxylic acids is 1. The Kier molecular flexibility index (Phi) is 4.95. The van der Waals surface area contributed by atoms with Crippen LogP contribution in [0.2, 0.25) is 0 Å². The van der Waals surface area contributed by atoms with Crippen molar-refractivity contribution in [2.75, 3.05) is 18.5 Å². The first-order valence-corrected chi connectivity index (χ1v) is 5.24. The highest BCUT2D eigenvalue weighted by molar-refractivity contribution is 5.92. The van der Waals surface area contributed by atoms with Gasteiger partial charge in [0.15, 0.2) is 0 Å². The third-order valence-corrected chi connectivity index (χ3v) is 2.15. The molecule has 0 saturated carbocycles. The molecule has 0 bridgehead atoms. The van der Waals surface area contributed by atoms with E-state index in [0.717, 1.165) is 0 Å². The SMILES string of the molecule is Cc1ccc(NC(=O)COCC(=O)O)cc1[N+](=O)[O-]. The van der Waals surface area contributed by atoms with Crippen molar-refractivity contribution in [3.05, 3.63) is 33.9 Å². The van der Waals surface area contributed by atoms with Gasteiger partial charge >= 0.3 is 5.97 Å². The molecular weight excluding hydrogens is 256 g/mol. The van der Waals surface area contributed by atoms with Gasteiger partial charge in [0.1, 0.15) is 13.2 Å². The number of ether oxygens (including phenoxy) is 1. The lowest BCUT2D eigenvalue weighted by atomic mass is 10.2. The van der Waals surface area contributed by atoms with Gasteiger partial charge in [0.2, 0.25) is 5.91 Å². The number of nitrogens with one attached hydrogen (secondary N) is 1. The molecule has 19 heavy (non-hydrogen) atoms. The van der Waals surface area contributed by atoms with Gasteiger partial charge in [-0.25, -0.2) is 4.79 Å². The van der Waals surface area contributed by atoms with Crippen LogP contribution in [0, 0.1) is 17.0 Å². The maximum Gasteiger partial charge on any atom is 0.329 e. The first-order valence-electron chi connectivity index (χ1n) is 5.24. The number of amides is 1. The lowest BCUT2D eigenvalue weighted by Gasteiger charge is -2.06. The molecule has 8 nitrogen and oxygen atoms in total. The van der Waals surface area contributed by atoms with Gasteiger partial charge in [-0.1, -0.05) is 6.07 Å². The quantitative estimate of drug-likeness (QED) is 0.585. The normalized spacial score (nSPS) is 9.95. The van der Waals surface area contributed by atoms with Gasteiger partial charge in [-0.2, -0.15) is 0 Å². The van der Waals surface area contributed by atoms with E-state index in [0.29, 0.717) is 5.56 Å². The summed E-state index contributed by atoms with van der Waals surface area (Å²) in [5.74, 6) is -1.77. The highest BCUT2D eigenvalue weighted by atomic mass is 16.6. The Morgan fingerprint density at radius 2 is 2.11 bits per heavy atom. The minimum atomic E-state index is -1.18. The summed E-state index contributed by atoms with van der Waals surface area (Å²) in [6.07, 6.45) is 0. The number of anilines is 1. The third kappa shape index (κ3) is 4.72. The maximum atomic E-state index is 11.4. The van der Waals surface area contributed by atoms with Gasteiger partial charge in [-0.15, -0.1) is 0 Å². The predicted octanol–water partition coefficient (Wildman–Crippen LogP) is 0.943. The number of carboxylic acid groups (broad SMARTS) is 1. The van der Waals surface area contributed by atoms with E-state index >= 15 is 0 Å². The van der Waals surface area contributed by atoms with Crippen LogP contribution in [0.25, 0.3) is 0 Å². The van der Waals surface area contributed by atoms with E-state index in [-0.39, 0.29) is 11.4 Å². The zero-order valence-electron chi connectivity index (χ0n) is 10.1. The maximum absolute atomic E-state index is 11.4. The van der Waals surface area contributed by atoms with E-state index in [2.05, 4.69) is 10.1 Å². The number of rotatable bonds is 6. The third-order valence-electron chi connectivity index (χ3n) is 2.15. The Morgan fingerprint density at radius 1 is 1.42 bits per heavy atom. The van der Waals surface area contributed by atoms with Crippen LogP contribution in [-0.2, 0) is 14.3 Å². The molecule has 2 N–H and O–H groups in total. The highest BCUT2D eigenvalue weighted by Gasteiger charge is 2.12. The molecule has 0 aliphatic rings. The van der Waals surface area contributed by atoms with Crippen LogP contribution >= 0.6 is 0 Å². The zero-order chi connectivity index (χ0) is 14.4. The van der Waals surface area contributed by atoms with E-state index in [4.69, 9.17) is 5.11 Å². The summed E-state index contributed by atoms with van der Waals surface area (Å²) >= 11 is 0. The fourth-order valence-corrected chi connectivity index (χ4v) is 1.31. The number of aryl methyl sites for hydroxylation is 1. The second kappa shape index (κ2) is 6.45. The summed E-state index contributed by atoms with van der Waals surface area (Å²) in [5.41, 5.74) is 0.621. The van der Waals surface area contributed by atoms with E-state index in [1.807, 2.05) is 0 Å². The first kappa shape index (κ1) is 14.6. The Morgan fingerprint density at radius 3 is 2.68 bits per heavy atom.